The summed E-state index contributed by atoms with van der Waals surface area (Å²) in [6, 6.07) is 26.0. The largest absolute Gasteiger partial charge is 0.493 e. The van der Waals surface area contributed by atoms with E-state index in [-0.39, 0.29) is 0 Å². The minimum atomic E-state index is 0.697. The maximum atomic E-state index is 6.44. The number of halogens is 2. The second kappa shape index (κ2) is 10.7. The van der Waals surface area contributed by atoms with Gasteiger partial charge in [-0.3, -0.25) is 0 Å². The number of aromatic nitrogens is 2. The second-order valence-corrected chi connectivity index (χ2v) is 11.7. The lowest BCUT2D eigenvalue weighted by molar-refractivity contribution is 0.310. The summed E-state index contributed by atoms with van der Waals surface area (Å²) in [6.45, 7) is 6.03. The van der Waals surface area contributed by atoms with Gasteiger partial charge in [-0.2, -0.15) is 0 Å². The standard InChI is InChI=1S/C33H30Br2N2O/c1-3-5-17-37-32-28-20-23(35)13-15-26(28)25-14-12-22(34)19-27(25)31(32)36-33(37)30-24-10-8-7-9-21(24)11-16-29(30)38-18-6-4-2/h7-16,19-20H,3-6,17-18H2,1-2H3. The summed E-state index contributed by atoms with van der Waals surface area (Å²) in [5, 5.41) is 7.20. The first-order valence-corrected chi connectivity index (χ1v) is 15.0. The van der Waals surface area contributed by atoms with Crippen molar-refractivity contribution in [1.29, 1.82) is 0 Å². The molecule has 1 heterocycles. The van der Waals surface area contributed by atoms with Gasteiger partial charge in [-0.25, -0.2) is 4.98 Å². The molecule has 6 rings (SSSR count). The number of benzene rings is 5. The van der Waals surface area contributed by atoms with Crippen LogP contribution in [0.1, 0.15) is 39.5 Å². The summed E-state index contributed by atoms with van der Waals surface area (Å²) in [7, 11) is 0. The summed E-state index contributed by atoms with van der Waals surface area (Å²) < 4.78 is 11.0. The van der Waals surface area contributed by atoms with Crippen molar-refractivity contribution in [3.05, 3.63) is 81.7 Å². The predicted molar refractivity (Wildman–Crippen MR) is 168 cm³/mol. The first-order valence-electron chi connectivity index (χ1n) is 13.5. The molecule has 192 valence electrons. The maximum absolute atomic E-state index is 6.44. The predicted octanol–water partition coefficient (Wildman–Crippen LogP) is 10.7. The van der Waals surface area contributed by atoms with Gasteiger partial charge >= 0.3 is 0 Å². The van der Waals surface area contributed by atoms with Crippen LogP contribution in [0.2, 0.25) is 0 Å². The summed E-state index contributed by atoms with van der Waals surface area (Å²) in [5.41, 5.74) is 3.30. The quantitative estimate of drug-likeness (QED) is 0.124. The van der Waals surface area contributed by atoms with Crippen LogP contribution in [0.3, 0.4) is 0 Å². The fourth-order valence-corrected chi connectivity index (χ4v) is 6.18. The van der Waals surface area contributed by atoms with E-state index >= 15 is 0 Å². The van der Waals surface area contributed by atoms with Crippen LogP contribution in [0.25, 0.3) is 54.7 Å². The van der Waals surface area contributed by atoms with Crippen LogP contribution in [0.15, 0.2) is 81.7 Å². The van der Waals surface area contributed by atoms with Crippen LogP contribution in [-0.2, 0) is 6.54 Å². The maximum Gasteiger partial charge on any atom is 0.145 e. The molecule has 6 aromatic rings. The Labute approximate surface area is 240 Å². The Bertz CT molecular complexity index is 1800. The van der Waals surface area contributed by atoms with Crippen molar-refractivity contribution in [2.45, 2.75) is 46.1 Å². The van der Waals surface area contributed by atoms with E-state index in [1.807, 2.05) is 0 Å². The average Bonchev–Trinajstić information content (AvgIpc) is 3.31. The van der Waals surface area contributed by atoms with Crippen LogP contribution >= 0.6 is 31.9 Å². The van der Waals surface area contributed by atoms with Gasteiger partial charge in [0.15, 0.2) is 0 Å². The third kappa shape index (κ3) is 4.40. The minimum Gasteiger partial charge on any atom is -0.493 e. The number of fused-ring (bicyclic) bond motifs is 7. The highest BCUT2D eigenvalue weighted by Gasteiger charge is 2.23. The van der Waals surface area contributed by atoms with Gasteiger partial charge in [0.2, 0.25) is 0 Å². The Kier molecular flexibility index (Phi) is 7.15. The second-order valence-electron chi connectivity index (χ2n) is 9.88. The molecule has 0 bridgehead atoms. The van der Waals surface area contributed by atoms with Crippen molar-refractivity contribution in [3.63, 3.8) is 0 Å². The molecule has 0 fully saturated rings. The van der Waals surface area contributed by atoms with Crippen molar-refractivity contribution >= 4 is 75.2 Å². The summed E-state index contributed by atoms with van der Waals surface area (Å²) in [4.78, 5) is 5.47. The molecule has 5 aromatic carbocycles. The third-order valence-electron chi connectivity index (χ3n) is 7.34. The number of aryl methyl sites for hydroxylation is 1. The molecule has 0 aliphatic carbocycles. The molecule has 0 unspecified atom stereocenters. The lowest BCUT2D eigenvalue weighted by Gasteiger charge is -2.16. The molecule has 0 saturated heterocycles. The van der Waals surface area contributed by atoms with E-state index in [2.05, 4.69) is 123 Å². The number of ether oxygens (including phenoxy) is 1. The summed E-state index contributed by atoms with van der Waals surface area (Å²) in [5.74, 6) is 1.88. The van der Waals surface area contributed by atoms with E-state index in [1.54, 1.807) is 0 Å². The summed E-state index contributed by atoms with van der Waals surface area (Å²) in [6.07, 6.45) is 4.30. The Hall–Kier alpha value is -2.89. The van der Waals surface area contributed by atoms with Crippen LogP contribution in [0.5, 0.6) is 5.75 Å². The van der Waals surface area contributed by atoms with Gasteiger partial charge < -0.3 is 9.30 Å². The van der Waals surface area contributed by atoms with Crippen molar-refractivity contribution in [2.24, 2.45) is 0 Å². The van der Waals surface area contributed by atoms with Crippen molar-refractivity contribution in [2.75, 3.05) is 6.61 Å². The molecule has 0 atom stereocenters. The first kappa shape index (κ1) is 25.4. The molecule has 5 heteroatoms. The van der Waals surface area contributed by atoms with Crippen LogP contribution in [-0.4, -0.2) is 16.2 Å². The highest BCUT2D eigenvalue weighted by atomic mass is 79.9. The monoisotopic (exact) mass is 628 g/mol. The molecule has 3 nitrogen and oxygen atoms in total. The van der Waals surface area contributed by atoms with Gasteiger partial charge in [-0.15, -0.1) is 0 Å². The topological polar surface area (TPSA) is 27.1 Å². The van der Waals surface area contributed by atoms with Crippen molar-refractivity contribution in [1.82, 2.24) is 9.55 Å². The van der Waals surface area contributed by atoms with Crippen molar-refractivity contribution < 1.29 is 4.74 Å². The number of rotatable bonds is 8. The van der Waals surface area contributed by atoms with E-state index in [9.17, 15) is 0 Å². The fraction of sp³-hybridized carbons (Fsp3) is 0.242. The lowest BCUT2D eigenvalue weighted by Crippen LogP contribution is -2.04. The zero-order valence-electron chi connectivity index (χ0n) is 21.7. The van der Waals surface area contributed by atoms with Gasteiger partial charge in [0.25, 0.3) is 0 Å². The molecule has 0 spiro atoms. The van der Waals surface area contributed by atoms with E-state index in [4.69, 9.17) is 9.72 Å². The third-order valence-corrected chi connectivity index (χ3v) is 8.32. The average molecular weight is 630 g/mol. The first-order chi connectivity index (χ1) is 18.6. The van der Waals surface area contributed by atoms with Crippen LogP contribution in [0, 0.1) is 0 Å². The summed E-state index contributed by atoms with van der Waals surface area (Å²) >= 11 is 7.47. The molecule has 38 heavy (non-hydrogen) atoms. The smallest absolute Gasteiger partial charge is 0.145 e. The zero-order chi connectivity index (χ0) is 26.2. The fourth-order valence-electron chi connectivity index (χ4n) is 5.46. The molecule has 0 saturated carbocycles. The lowest BCUT2D eigenvalue weighted by atomic mass is 10.00. The van der Waals surface area contributed by atoms with Gasteiger partial charge in [0.05, 0.1) is 23.2 Å². The number of hydrogen-bond donors (Lipinski definition) is 0. The van der Waals surface area contributed by atoms with Gasteiger partial charge in [-0.05, 0) is 64.7 Å². The molecule has 0 N–H and O–H groups in total. The number of hydrogen-bond acceptors (Lipinski definition) is 2. The van der Waals surface area contributed by atoms with Crippen LogP contribution in [0.4, 0.5) is 0 Å². The molecular weight excluding hydrogens is 600 g/mol. The van der Waals surface area contributed by atoms with Gasteiger partial charge in [0, 0.05) is 26.3 Å². The molecule has 1 aromatic heterocycles. The normalized spacial score (nSPS) is 11.8. The zero-order valence-corrected chi connectivity index (χ0v) is 24.9. The highest BCUT2D eigenvalue weighted by molar-refractivity contribution is 9.10. The molecule has 0 amide bonds. The van der Waals surface area contributed by atoms with E-state index in [0.717, 1.165) is 69.2 Å². The molecular formula is C33H30Br2N2O. The van der Waals surface area contributed by atoms with Gasteiger partial charge in [-0.1, -0.05) is 101 Å². The highest BCUT2D eigenvalue weighted by Crippen LogP contribution is 2.43. The van der Waals surface area contributed by atoms with E-state index in [1.165, 1.54) is 32.4 Å². The van der Waals surface area contributed by atoms with Crippen molar-refractivity contribution in [3.8, 4) is 17.1 Å². The number of unbranched alkanes of at least 4 members (excludes halogenated alkanes) is 2. The SMILES string of the molecule is CCCCOc1ccc2ccccc2c1-c1nc2c3cc(Br)ccc3c3ccc(Br)cc3c2n1CCCC. The van der Waals surface area contributed by atoms with Gasteiger partial charge in [0.1, 0.15) is 11.6 Å². The molecule has 0 radical (unpaired) electrons. The number of nitrogens with zero attached hydrogens (tertiary/aromatic N) is 2. The Morgan fingerprint density at radius 3 is 2.21 bits per heavy atom. The number of imidazole rings is 1. The molecule has 0 aliphatic heterocycles. The molecule has 0 aliphatic rings. The Morgan fingerprint density at radius 1 is 0.737 bits per heavy atom. The Balaban J connectivity index is 1.77. The van der Waals surface area contributed by atoms with Crippen LogP contribution < -0.4 is 4.74 Å². The Morgan fingerprint density at radius 2 is 1.45 bits per heavy atom. The van der Waals surface area contributed by atoms with E-state index < -0.39 is 0 Å². The minimum absolute atomic E-state index is 0.697. The van der Waals surface area contributed by atoms with E-state index in [0.29, 0.717) is 6.61 Å².